The summed E-state index contributed by atoms with van der Waals surface area (Å²) in [6, 6.07) is -0.618. The predicted octanol–water partition coefficient (Wildman–Crippen LogP) is -1.31. The Morgan fingerprint density at radius 3 is 2.76 bits per heavy atom. The Hall–Kier alpha value is -2.35. The predicted molar refractivity (Wildman–Crippen MR) is 53.5 cm³/mol. The van der Waals surface area contributed by atoms with Crippen LogP contribution in [0.25, 0.3) is 0 Å². The van der Waals surface area contributed by atoms with Crippen LogP contribution >= 0.6 is 0 Å². The fourth-order valence-corrected chi connectivity index (χ4v) is 1.01. The second-order valence-corrected chi connectivity index (χ2v) is 3.01. The second kappa shape index (κ2) is 5.66. The van der Waals surface area contributed by atoms with Crippen LogP contribution in [0.4, 0.5) is 4.79 Å². The van der Waals surface area contributed by atoms with Crippen molar-refractivity contribution in [1.82, 2.24) is 10.6 Å². The van der Waals surface area contributed by atoms with E-state index in [4.69, 9.17) is 10.2 Å². The maximum atomic E-state index is 11.0. The third kappa shape index (κ3) is 4.80. The number of carbonyl (C=O) groups excluding carboxylic acids is 2. The molecule has 0 spiro atoms. The molecule has 0 aliphatic carbocycles. The molecule has 1 atom stereocenters. The van der Waals surface area contributed by atoms with Crippen molar-refractivity contribution in [3.05, 3.63) is 23.9 Å². The SMILES string of the molecule is O=C(O)/C=C/C(=O)OCC1=CC(O)NC(=O)N1. The van der Waals surface area contributed by atoms with Gasteiger partial charge in [0, 0.05) is 12.2 Å². The minimum absolute atomic E-state index is 0.207. The summed E-state index contributed by atoms with van der Waals surface area (Å²) >= 11 is 0. The Morgan fingerprint density at radius 1 is 1.47 bits per heavy atom. The highest BCUT2D eigenvalue weighted by Crippen LogP contribution is 1.99. The zero-order valence-corrected chi connectivity index (χ0v) is 8.54. The lowest BCUT2D eigenvalue weighted by molar-refractivity contribution is -0.138. The summed E-state index contributed by atoms with van der Waals surface area (Å²) in [5.41, 5.74) is 0.207. The van der Waals surface area contributed by atoms with Crippen molar-refractivity contribution in [2.75, 3.05) is 6.61 Å². The summed E-state index contributed by atoms with van der Waals surface area (Å²) in [7, 11) is 0. The summed E-state index contributed by atoms with van der Waals surface area (Å²) in [6.45, 7) is -0.271. The lowest BCUT2D eigenvalue weighted by Crippen LogP contribution is -2.46. The Bertz CT molecular complexity index is 400. The molecule has 0 saturated carbocycles. The minimum Gasteiger partial charge on any atom is -0.478 e. The Balaban J connectivity index is 2.43. The molecule has 92 valence electrons. The van der Waals surface area contributed by atoms with Gasteiger partial charge in [-0.1, -0.05) is 0 Å². The van der Waals surface area contributed by atoms with Crippen molar-refractivity contribution in [3.63, 3.8) is 0 Å². The van der Waals surface area contributed by atoms with Crippen LogP contribution in [0.3, 0.4) is 0 Å². The van der Waals surface area contributed by atoms with E-state index in [1.54, 1.807) is 0 Å². The average molecular weight is 242 g/mol. The number of urea groups is 1. The van der Waals surface area contributed by atoms with E-state index in [1.165, 1.54) is 6.08 Å². The quantitative estimate of drug-likeness (QED) is 0.358. The van der Waals surface area contributed by atoms with Crippen LogP contribution in [0, 0.1) is 0 Å². The first-order chi connectivity index (χ1) is 7.97. The molecule has 0 radical (unpaired) electrons. The molecule has 1 unspecified atom stereocenters. The van der Waals surface area contributed by atoms with Crippen molar-refractivity contribution in [1.29, 1.82) is 0 Å². The van der Waals surface area contributed by atoms with Gasteiger partial charge in [0.05, 0.1) is 5.70 Å². The number of aliphatic hydroxyl groups is 1. The fourth-order valence-electron chi connectivity index (χ4n) is 1.01. The van der Waals surface area contributed by atoms with Gasteiger partial charge in [0.2, 0.25) is 0 Å². The number of carbonyl (C=O) groups is 3. The third-order valence-electron chi connectivity index (χ3n) is 1.64. The number of amides is 2. The Kier molecular flexibility index (Phi) is 4.23. The largest absolute Gasteiger partial charge is 0.478 e. The van der Waals surface area contributed by atoms with Crippen LogP contribution < -0.4 is 10.6 Å². The van der Waals surface area contributed by atoms with Gasteiger partial charge in [-0.2, -0.15) is 0 Å². The summed E-state index contributed by atoms with van der Waals surface area (Å²) in [4.78, 5) is 31.9. The summed E-state index contributed by atoms with van der Waals surface area (Å²) in [6.07, 6.45) is 1.47. The molecule has 0 bridgehead atoms. The van der Waals surface area contributed by atoms with Crippen molar-refractivity contribution in [2.24, 2.45) is 0 Å². The van der Waals surface area contributed by atoms with Gasteiger partial charge < -0.3 is 25.6 Å². The van der Waals surface area contributed by atoms with Crippen molar-refractivity contribution in [2.45, 2.75) is 6.23 Å². The van der Waals surface area contributed by atoms with E-state index < -0.39 is 24.2 Å². The van der Waals surface area contributed by atoms with Gasteiger partial charge in [-0.15, -0.1) is 0 Å². The molecule has 1 heterocycles. The topological polar surface area (TPSA) is 125 Å². The average Bonchev–Trinajstić information content (AvgIpc) is 2.22. The zero-order chi connectivity index (χ0) is 12.8. The number of carboxylic acid groups (broad SMARTS) is 1. The van der Waals surface area contributed by atoms with Crippen molar-refractivity contribution in [3.8, 4) is 0 Å². The fraction of sp³-hybridized carbons (Fsp3) is 0.222. The molecular formula is C9H10N2O6. The van der Waals surface area contributed by atoms with E-state index in [0.29, 0.717) is 6.08 Å². The molecule has 1 rings (SSSR count). The van der Waals surface area contributed by atoms with Gasteiger partial charge in [-0.3, -0.25) is 0 Å². The number of hydrogen-bond acceptors (Lipinski definition) is 5. The molecular weight excluding hydrogens is 232 g/mol. The Labute approximate surface area is 95.6 Å². The van der Waals surface area contributed by atoms with Crippen LogP contribution in [0.5, 0.6) is 0 Å². The summed E-state index contributed by atoms with van der Waals surface area (Å²) in [5, 5.41) is 21.8. The molecule has 4 N–H and O–H groups in total. The van der Waals surface area contributed by atoms with Crippen LogP contribution in [-0.2, 0) is 14.3 Å². The molecule has 0 aromatic carbocycles. The van der Waals surface area contributed by atoms with E-state index in [1.807, 2.05) is 0 Å². The van der Waals surface area contributed by atoms with E-state index in [2.05, 4.69) is 15.4 Å². The van der Waals surface area contributed by atoms with Gasteiger partial charge in [0.25, 0.3) is 0 Å². The number of rotatable bonds is 4. The number of aliphatic carboxylic acids is 1. The molecule has 1 aliphatic rings. The lowest BCUT2D eigenvalue weighted by atomic mass is 10.3. The number of nitrogens with one attached hydrogen (secondary N) is 2. The lowest BCUT2D eigenvalue weighted by Gasteiger charge is -2.19. The molecule has 8 heteroatoms. The highest BCUT2D eigenvalue weighted by Gasteiger charge is 2.16. The first kappa shape index (κ1) is 12.7. The number of esters is 1. The highest BCUT2D eigenvalue weighted by atomic mass is 16.5. The maximum Gasteiger partial charge on any atom is 0.331 e. The van der Waals surface area contributed by atoms with E-state index in [9.17, 15) is 14.4 Å². The van der Waals surface area contributed by atoms with Gasteiger partial charge in [0.1, 0.15) is 12.8 Å². The maximum absolute atomic E-state index is 11.0. The van der Waals surface area contributed by atoms with E-state index >= 15 is 0 Å². The van der Waals surface area contributed by atoms with Gasteiger partial charge >= 0.3 is 18.0 Å². The first-order valence-electron chi connectivity index (χ1n) is 4.51. The van der Waals surface area contributed by atoms with Crippen LogP contribution in [0.15, 0.2) is 23.9 Å². The van der Waals surface area contributed by atoms with Gasteiger partial charge in [0.15, 0.2) is 0 Å². The third-order valence-corrected chi connectivity index (χ3v) is 1.64. The van der Waals surface area contributed by atoms with Crippen LogP contribution in [-0.4, -0.2) is 41.0 Å². The minimum atomic E-state index is -1.27. The first-order valence-corrected chi connectivity index (χ1v) is 4.51. The molecule has 0 saturated heterocycles. The van der Waals surface area contributed by atoms with Crippen molar-refractivity contribution >= 4 is 18.0 Å². The number of hydrogen-bond donors (Lipinski definition) is 4. The summed E-state index contributed by atoms with van der Waals surface area (Å²) in [5.74, 6) is -2.14. The normalized spacial score (nSPS) is 19.2. The number of aliphatic hydroxyl groups excluding tert-OH is 1. The zero-order valence-electron chi connectivity index (χ0n) is 8.54. The molecule has 1 aliphatic heterocycles. The van der Waals surface area contributed by atoms with Gasteiger partial charge in [-0.05, 0) is 6.08 Å². The van der Waals surface area contributed by atoms with Gasteiger partial charge in [-0.25, -0.2) is 14.4 Å². The highest BCUT2D eigenvalue weighted by molar-refractivity contribution is 5.90. The van der Waals surface area contributed by atoms with Crippen LogP contribution in [0.1, 0.15) is 0 Å². The molecule has 8 nitrogen and oxygen atoms in total. The monoisotopic (exact) mass is 242 g/mol. The molecule has 17 heavy (non-hydrogen) atoms. The second-order valence-electron chi connectivity index (χ2n) is 3.01. The van der Waals surface area contributed by atoms with Crippen LogP contribution in [0.2, 0.25) is 0 Å². The summed E-state index contributed by atoms with van der Waals surface area (Å²) < 4.78 is 4.62. The Morgan fingerprint density at radius 2 is 2.18 bits per heavy atom. The van der Waals surface area contributed by atoms with E-state index in [0.717, 1.165) is 6.08 Å². The molecule has 0 aromatic heterocycles. The standard InChI is InChI=1S/C9H10N2O6/c12-6-3-5(10-9(16)11-6)4-17-8(15)2-1-7(13)14/h1-3,6,12H,4H2,(H,13,14)(H2,10,11,16)/b2-1+. The molecule has 2 amide bonds. The smallest absolute Gasteiger partial charge is 0.331 e. The molecule has 0 aromatic rings. The molecule has 0 fully saturated rings. The van der Waals surface area contributed by atoms with Crippen molar-refractivity contribution < 1.29 is 29.3 Å². The van der Waals surface area contributed by atoms with E-state index in [-0.39, 0.29) is 12.3 Å². The number of ether oxygens (including phenoxy) is 1. The number of carboxylic acids is 1.